The molecular weight excluding hydrogens is 345 g/mol. The fraction of sp³-hybridized carbons (Fsp3) is 0.263. The van der Waals surface area contributed by atoms with Gasteiger partial charge in [0.2, 0.25) is 11.8 Å². The zero-order valence-electron chi connectivity index (χ0n) is 14.0. The van der Waals surface area contributed by atoms with E-state index in [2.05, 4.69) is 5.32 Å². The molecule has 1 aliphatic rings. The van der Waals surface area contributed by atoms with Crippen molar-refractivity contribution < 1.29 is 22.8 Å². The predicted octanol–water partition coefficient (Wildman–Crippen LogP) is 4.01. The summed E-state index contributed by atoms with van der Waals surface area (Å²) in [5.41, 5.74) is 0.992. The highest BCUT2D eigenvalue weighted by atomic mass is 19.4. The second-order valence-electron chi connectivity index (χ2n) is 6.31. The summed E-state index contributed by atoms with van der Waals surface area (Å²) in [7, 11) is 0. The molecule has 1 N–H and O–H groups in total. The number of halogens is 3. The van der Waals surface area contributed by atoms with Gasteiger partial charge in [0.05, 0.1) is 11.5 Å². The molecule has 0 radical (unpaired) electrons. The number of nitrogens with one attached hydrogen (secondary N) is 1. The first kappa shape index (κ1) is 18.0. The molecule has 7 heteroatoms. The van der Waals surface area contributed by atoms with Gasteiger partial charge in [-0.2, -0.15) is 13.2 Å². The van der Waals surface area contributed by atoms with Gasteiger partial charge in [-0.3, -0.25) is 9.59 Å². The third-order valence-electron chi connectivity index (χ3n) is 4.30. The minimum Gasteiger partial charge on any atom is -0.326 e. The van der Waals surface area contributed by atoms with Crippen LogP contribution in [0.2, 0.25) is 0 Å². The quantitative estimate of drug-likeness (QED) is 0.897. The monoisotopic (exact) mass is 362 g/mol. The molecule has 26 heavy (non-hydrogen) atoms. The van der Waals surface area contributed by atoms with Gasteiger partial charge in [-0.1, -0.05) is 23.8 Å². The third kappa shape index (κ3) is 3.87. The van der Waals surface area contributed by atoms with Gasteiger partial charge < -0.3 is 10.2 Å². The van der Waals surface area contributed by atoms with E-state index in [0.717, 1.165) is 17.7 Å². The summed E-state index contributed by atoms with van der Waals surface area (Å²) in [5.74, 6) is -1.30. The summed E-state index contributed by atoms with van der Waals surface area (Å²) in [4.78, 5) is 25.8. The number of anilines is 2. The average Bonchev–Trinajstić information content (AvgIpc) is 2.98. The Balaban J connectivity index is 1.72. The maximum atomic E-state index is 12.9. The standard InChI is InChI=1S/C19H17F3N2O2/c1-12-5-7-15(8-6-12)23-18(26)13-9-17(25)24(11-13)16-4-2-3-14(10-16)19(20,21)22/h2-8,10,13H,9,11H2,1H3,(H,23,26)/t13-/m1/s1. The van der Waals surface area contributed by atoms with Crippen LogP contribution in [0.4, 0.5) is 24.5 Å². The van der Waals surface area contributed by atoms with Crippen LogP contribution in [0.25, 0.3) is 0 Å². The molecule has 2 amide bonds. The Labute approximate surface area is 148 Å². The predicted molar refractivity (Wildman–Crippen MR) is 91.7 cm³/mol. The van der Waals surface area contributed by atoms with E-state index in [1.807, 2.05) is 19.1 Å². The molecule has 1 saturated heterocycles. The van der Waals surface area contributed by atoms with Crippen molar-refractivity contribution in [3.05, 3.63) is 59.7 Å². The van der Waals surface area contributed by atoms with Gasteiger partial charge >= 0.3 is 6.18 Å². The summed E-state index contributed by atoms with van der Waals surface area (Å²) < 4.78 is 38.6. The number of carbonyl (C=O) groups excluding carboxylic acids is 2. The molecule has 0 aliphatic carbocycles. The lowest BCUT2D eigenvalue weighted by atomic mass is 10.1. The topological polar surface area (TPSA) is 49.4 Å². The molecule has 1 atom stereocenters. The number of rotatable bonds is 3. The minimum atomic E-state index is -4.49. The Bertz CT molecular complexity index is 831. The Morgan fingerprint density at radius 1 is 1.15 bits per heavy atom. The van der Waals surface area contributed by atoms with Crippen LogP contribution < -0.4 is 10.2 Å². The summed E-state index contributed by atoms with van der Waals surface area (Å²) in [6.07, 6.45) is -4.52. The number of carbonyl (C=O) groups is 2. The first-order valence-corrected chi connectivity index (χ1v) is 8.09. The zero-order chi connectivity index (χ0) is 18.9. The van der Waals surface area contributed by atoms with Crippen molar-refractivity contribution in [2.45, 2.75) is 19.5 Å². The SMILES string of the molecule is Cc1ccc(NC(=O)[C@@H]2CC(=O)N(c3cccc(C(F)(F)F)c3)C2)cc1. The van der Waals surface area contributed by atoms with Gasteiger partial charge in [-0.15, -0.1) is 0 Å². The molecular formula is C19H17F3N2O2. The van der Waals surface area contributed by atoms with E-state index in [4.69, 9.17) is 0 Å². The van der Waals surface area contributed by atoms with E-state index < -0.39 is 17.7 Å². The normalized spacial score (nSPS) is 17.5. The van der Waals surface area contributed by atoms with Crippen molar-refractivity contribution in [2.24, 2.45) is 5.92 Å². The number of nitrogens with zero attached hydrogens (tertiary/aromatic N) is 1. The Morgan fingerprint density at radius 3 is 2.50 bits per heavy atom. The molecule has 136 valence electrons. The Hall–Kier alpha value is -2.83. The minimum absolute atomic E-state index is 0.0338. The van der Waals surface area contributed by atoms with Gasteiger partial charge in [0.25, 0.3) is 0 Å². The number of amides is 2. The van der Waals surface area contributed by atoms with Gasteiger partial charge in [-0.05, 0) is 37.3 Å². The molecule has 2 aromatic carbocycles. The molecule has 1 aliphatic heterocycles. The zero-order valence-corrected chi connectivity index (χ0v) is 14.0. The molecule has 3 rings (SSSR count). The van der Waals surface area contributed by atoms with Gasteiger partial charge in [-0.25, -0.2) is 0 Å². The van der Waals surface area contributed by atoms with Crippen LogP contribution >= 0.6 is 0 Å². The molecule has 0 spiro atoms. The van der Waals surface area contributed by atoms with Crippen LogP contribution in [-0.4, -0.2) is 18.4 Å². The van der Waals surface area contributed by atoms with Crippen LogP contribution in [0.3, 0.4) is 0 Å². The van der Waals surface area contributed by atoms with Crippen LogP contribution in [0.15, 0.2) is 48.5 Å². The molecule has 0 bridgehead atoms. The van der Waals surface area contributed by atoms with Crippen LogP contribution in [0.1, 0.15) is 17.5 Å². The number of alkyl halides is 3. The van der Waals surface area contributed by atoms with Crippen molar-refractivity contribution in [1.29, 1.82) is 0 Å². The molecule has 4 nitrogen and oxygen atoms in total. The van der Waals surface area contributed by atoms with E-state index in [-0.39, 0.29) is 30.5 Å². The lowest BCUT2D eigenvalue weighted by Crippen LogP contribution is -2.28. The highest BCUT2D eigenvalue weighted by Gasteiger charge is 2.36. The first-order chi connectivity index (χ1) is 12.2. The lowest BCUT2D eigenvalue weighted by molar-refractivity contribution is -0.137. The Morgan fingerprint density at radius 2 is 1.85 bits per heavy atom. The maximum Gasteiger partial charge on any atom is 0.416 e. The molecule has 1 heterocycles. The summed E-state index contributed by atoms with van der Waals surface area (Å²) in [5, 5.41) is 2.74. The number of hydrogen-bond donors (Lipinski definition) is 1. The van der Waals surface area contributed by atoms with Crippen LogP contribution in [-0.2, 0) is 15.8 Å². The molecule has 1 fully saturated rings. The summed E-state index contributed by atoms with van der Waals surface area (Å²) in [6.45, 7) is 1.98. The summed E-state index contributed by atoms with van der Waals surface area (Å²) >= 11 is 0. The molecule has 2 aromatic rings. The van der Waals surface area contributed by atoms with E-state index in [1.165, 1.54) is 17.0 Å². The fourth-order valence-electron chi connectivity index (χ4n) is 2.86. The fourth-order valence-corrected chi connectivity index (χ4v) is 2.86. The second kappa shape index (κ2) is 6.82. The van der Waals surface area contributed by atoms with Gasteiger partial charge in [0, 0.05) is 24.3 Å². The molecule has 0 aromatic heterocycles. The lowest BCUT2D eigenvalue weighted by Gasteiger charge is -2.18. The third-order valence-corrected chi connectivity index (χ3v) is 4.30. The van der Waals surface area contributed by atoms with E-state index in [0.29, 0.717) is 5.69 Å². The molecule has 0 unspecified atom stereocenters. The average molecular weight is 362 g/mol. The van der Waals surface area contributed by atoms with Crippen molar-refractivity contribution in [3.63, 3.8) is 0 Å². The maximum absolute atomic E-state index is 12.9. The summed E-state index contributed by atoms with van der Waals surface area (Å²) in [6, 6.07) is 11.8. The van der Waals surface area contributed by atoms with Crippen molar-refractivity contribution >= 4 is 23.2 Å². The van der Waals surface area contributed by atoms with Crippen LogP contribution in [0, 0.1) is 12.8 Å². The highest BCUT2D eigenvalue weighted by molar-refractivity contribution is 6.03. The largest absolute Gasteiger partial charge is 0.416 e. The van der Waals surface area contributed by atoms with Gasteiger partial charge in [0.1, 0.15) is 0 Å². The second-order valence-corrected chi connectivity index (χ2v) is 6.31. The smallest absolute Gasteiger partial charge is 0.326 e. The Kier molecular flexibility index (Phi) is 4.71. The molecule has 0 saturated carbocycles. The van der Waals surface area contributed by atoms with E-state index in [9.17, 15) is 22.8 Å². The van der Waals surface area contributed by atoms with Crippen molar-refractivity contribution in [3.8, 4) is 0 Å². The highest BCUT2D eigenvalue weighted by Crippen LogP contribution is 2.33. The van der Waals surface area contributed by atoms with E-state index in [1.54, 1.807) is 12.1 Å². The number of benzene rings is 2. The van der Waals surface area contributed by atoms with Crippen molar-refractivity contribution in [1.82, 2.24) is 0 Å². The van der Waals surface area contributed by atoms with Gasteiger partial charge in [0.15, 0.2) is 0 Å². The first-order valence-electron chi connectivity index (χ1n) is 8.09. The van der Waals surface area contributed by atoms with Crippen LogP contribution in [0.5, 0.6) is 0 Å². The van der Waals surface area contributed by atoms with Crippen molar-refractivity contribution in [2.75, 3.05) is 16.8 Å². The van der Waals surface area contributed by atoms with E-state index >= 15 is 0 Å². The number of aryl methyl sites for hydroxylation is 1. The number of hydrogen-bond acceptors (Lipinski definition) is 2.